The fourth-order valence-electron chi connectivity index (χ4n) is 2.09. The molecular weight excluding hydrogens is 298 g/mol. The van der Waals surface area contributed by atoms with Crippen molar-refractivity contribution in [3.63, 3.8) is 0 Å². The number of nitrogens with zero attached hydrogens (tertiary/aromatic N) is 1. The van der Waals surface area contributed by atoms with Gasteiger partial charge in [-0.15, -0.1) is 11.8 Å². The summed E-state index contributed by atoms with van der Waals surface area (Å²) in [5.74, 6) is -1.58. The number of rotatable bonds is 4. The molecular formula is C14H16F2N2O2S. The maximum atomic E-state index is 13.0. The van der Waals surface area contributed by atoms with Crippen molar-refractivity contribution in [1.82, 2.24) is 10.2 Å². The van der Waals surface area contributed by atoms with Gasteiger partial charge in [-0.05, 0) is 25.1 Å². The summed E-state index contributed by atoms with van der Waals surface area (Å²) in [4.78, 5) is 25.7. The van der Waals surface area contributed by atoms with Gasteiger partial charge in [0, 0.05) is 30.2 Å². The lowest BCUT2D eigenvalue weighted by Gasteiger charge is -2.32. The molecule has 2 rings (SSSR count). The third-order valence-corrected chi connectivity index (χ3v) is 4.29. The molecule has 0 bridgehead atoms. The summed E-state index contributed by atoms with van der Waals surface area (Å²) in [7, 11) is 0. The molecule has 1 aliphatic heterocycles. The molecule has 1 aliphatic rings. The van der Waals surface area contributed by atoms with Gasteiger partial charge in [-0.1, -0.05) is 0 Å². The first-order chi connectivity index (χ1) is 9.99. The highest BCUT2D eigenvalue weighted by molar-refractivity contribution is 7.99. The second kappa shape index (κ2) is 6.89. The van der Waals surface area contributed by atoms with Crippen molar-refractivity contribution in [2.75, 3.05) is 18.8 Å². The van der Waals surface area contributed by atoms with Gasteiger partial charge in [0.05, 0.1) is 0 Å². The number of carbonyl (C=O) groups excluding carboxylic acids is 2. The van der Waals surface area contributed by atoms with Crippen LogP contribution >= 0.6 is 11.8 Å². The standard InChI is InChI=1S/C14H16F2N2O2S/c1-9-14(20)17-5-6-18(9)13(19)4-7-21-10-2-3-11(15)12(16)8-10/h2-3,8-9H,4-7H2,1H3,(H,17,20). The molecule has 1 N–H and O–H groups in total. The number of piperazine rings is 1. The summed E-state index contributed by atoms with van der Waals surface area (Å²) in [6.07, 6.45) is 0.251. The van der Waals surface area contributed by atoms with E-state index in [2.05, 4.69) is 5.32 Å². The molecule has 0 aliphatic carbocycles. The molecule has 1 saturated heterocycles. The van der Waals surface area contributed by atoms with Crippen LogP contribution in [0.15, 0.2) is 23.1 Å². The Morgan fingerprint density at radius 3 is 2.90 bits per heavy atom. The molecule has 1 aromatic carbocycles. The molecule has 0 spiro atoms. The topological polar surface area (TPSA) is 49.4 Å². The summed E-state index contributed by atoms with van der Waals surface area (Å²) < 4.78 is 25.8. The van der Waals surface area contributed by atoms with Crippen molar-refractivity contribution in [2.45, 2.75) is 24.3 Å². The summed E-state index contributed by atoms with van der Waals surface area (Å²) >= 11 is 1.28. The second-order valence-corrected chi connectivity index (χ2v) is 5.90. The predicted molar refractivity (Wildman–Crippen MR) is 75.9 cm³/mol. The number of halogens is 2. The van der Waals surface area contributed by atoms with Crippen molar-refractivity contribution in [1.29, 1.82) is 0 Å². The van der Waals surface area contributed by atoms with E-state index in [-0.39, 0.29) is 18.2 Å². The van der Waals surface area contributed by atoms with Gasteiger partial charge in [0.25, 0.3) is 0 Å². The molecule has 0 aromatic heterocycles. The summed E-state index contributed by atoms with van der Waals surface area (Å²) in [6.45, 7) is 2.65. The van der Waals surface area contributed by atoms with E-state index in [1.165, 1.54) is 17.8 Å². The fraction of sp³-hybridized carbons (Fsp3) is 0.429. The minimum absolute atomic E-state index is 0.104. The zero-order valence-corrected chi connectivity index (χ0v) is 12.4. The van der Waals surface area contributed by atoms with Gasteiger partial charge in [0.1, 0.15) is 6.04 Å². The van der Waals surface area contributed by atoms with Crippen molar-refractivity contribution in [3.05, 3.63) is 29.8 Å². The summed E-state index contributed by atoms with van der Waals surface area (Å²) in [5, 5.41) is 2.69. The number of hydrogen-bond donors (Lipinski definition) is 1. The van der Waals surface area contributed by atoms with Crippen molar-refractivity contribution < 1.29 is 18.4 Å². The Kier molecular flexibility index (Phi) is 5.17. The van der Waals surface area contributed by atoms with Crippen molar-refractivity contribution in [3.8, 4) is 0 Å². The summed E-state index contributed by atoms with van der Waals surface area (Å²) in [5.41, 5.74) is 0. The molecule has 0 radical (unpaired) electrons. The normalized spacial score (nSPS) is 18.5. The Bertz CT molecular complexity index is 554. The van der Waals surface area contributed by atoms with E-state index < -0.39 is 17.7 Å². The van der Waals surface area contributed by atoms with Gasteiger partial charge >= 0.3 is 0 Å². The first-order valence-electron chi connectivity index (χ1n) is 6.64. The first kappa shape index (κ1) is 15.8. The van der Waals surface area contributed by atoms with Gasteiger partial charge in [-0.25, -0.2) is 8.78 Å². The molecule has 1 unspecified atom stereocenters. The number of amides is 2. The largest absolute Gasteiger partial charge is 0.353 e. The lowest BCUT2D eigenvalue weighted by atomic mass is 10.2. The van der Waals surface area contributed by atoms with Gasteiger partial charge in [0.15, 0.2) is 11.6 Å². The molecule has 1 aromatic rings. The van der Waals surface area contributed by atoms with Crippen LogP contribution in [0.25, 0.3) is 0 Å². The Balaban J connectivity index is 1.83. The maximum Gasteiger partial charge on any atom is 0.242 e. The highest BCUT2D eigenvalue weighted by atomic mass is 32.2. The van der Waals surface area contributed by atoms with Crippen LogP contribution < -0.4 is 5.32 Å². The molecule has 7 heteroatoms. The Morgan fingerprint density at radius 2 is 2.19 bits per heavy atom. The molecule has 114 valence electrons. The average molecular weight is 314 g/mol. The van der Waals surface area contributed by atoms with Crippen LogP contribution in [0.3, 0.4) is 0 Å². The third kappa shape index (κ3) is 3.93. The molecule has 1 fully saturated rings. The molecule has 2 amide bonds. The number of benzene rings is 1. The lowest BCUT2D eigenvalue weighted by Crippen LogP contribution is -2.55. The van der Waals surface area contributed by atoms with E-state index in [1.807, 2.05) is 0 Å². The Hall–Kier alpha value is -1.63. The maximum absolute atomic E-state index is 13.0. The minimum atomic E-state index is -0.896. The Morgan fingerprint density at radius 1 is 1.43 bits per heavy atom. The molecule has 21 heavy (non-hydrogen) atoms. The third-order valence-electron chi connectivity index (χ3n) is 3.29. The second-order valence-electron chi connectivity index (χ2n) is 4.73. The molecule has 4 nitrogen and oxygen atoms in total. The lowest BCUT2D eigenvalue weighted by molar-refractivity contribution is -0.142. The van der Waals surface area contributed by atoms with Crippen molar-refractivity contribution >= 4 is 23.6 Å². The van der Waals surface area contributed by atoms with Crippen LogP contribution in [0.4, 0.5) is 8.78 Å². The van der Waals surface area contributed by atoms with E-state index >= 15 is 0 Å². The highest BCUT2D eigenvalue weighted by Gasteiger charge is 2.28. The van der Waals surface area contributed by atoms with Gasteiger partial charge < -0.3 is 10.2 Å². The van der Waals surface area contributed by atoms with Gasteiger partial charge in [-0.3, -0.25) is 9.59 Å². The number of carbonyl (C=O) groups is 2. The van der Waals surface area contributed by atoms with E-state index in [1.54, 1.807) is 11.8 Å². The smallest absolute Gasteiger partial charge is 0.242 e. The van der Waals surface area contributed by atoms with Crippen LogP contribution in [-0.2, 0) is 9.59 Å². The zero-order valence-electron chi connectivity index (χ0n) is 11.6. The highest BCUT2D eigenvalue weighted by Crippen LogP contribution is 2.21. The van der Waals surface area contributed by atoms with E-state index in [4.69, 9.17) is 0 Å². The monoisotopic (exact) mass is 314 g/mol. The van der Waals surface area contributed by atoms with Crippen LogP contribution in [0.1, 0.15) is 13.3 Å². The first-order valence-corrected chi connectivity index (χ1v) is 7.62. The van der Waals surface area contributed by atoms with Crippen molar-refractivity contribution in [2.24, 2.45) is 0 Å². The van der Waals surface area contributed by atoms with E-state index in [0.717, 1.165) is 12.1 Å². The predicted octanol–water partition coefficient (Wildman–Crippen LogP) is 1.79. The minimum Gasteiger partial charge on any atom is -0.353 e. The average Bonchev–Trinajstić information content (AvgIpc) is 2.45. The number of nitrogens with one attached hydrogen (secondary N) is 1. The zero-order chi connectivity index (χ0) is 15.4. The van der Waals surface area contributed by atoms with Crippen LogP contribution in [-0.4, -0.2) is 41.6 Å². The van der Waals surface area contributed by atoms with Crippen LogP contribution in [0.2, 0.25) is 0 Å². The van der Waals surface area contributed by atoms with Crippen LogP contribution in [0, 0.1) is 11.6 Å². The number of thioether (sulfide) groups is 1. The molecule has 0 saturated carbocycles. The van der Waals surface area contributed by atoms with E-state index in [0.29, 0.717) is 23.7 Å². The quantitative estimate of drug-likeness (QED) is 0.862. The van der Waals surface area contributed by atoms with Gasteiger partial charge in [-0.2, -0.15) is 0 Å². The van der Waals surface area contributed by atoms with Crippen LogP contribution in [0.5, 0.6) is 0 Å². The SMILES string of the molecule is CC1C(=O)NCCN1C(=O)CCSc1ccc(F)c(F)c1. The van der Waals surface area contributed by atoms with E-state index in [9.17, 15) is 18.4 Å². The summed E-state index contributed by atoms with van der Waals surface area (Å²) in [6, 6.07) is 3.20. The fourth-order valence-corrected chi connectivity index (χ4v) is 2.95. The Labute approximate surface area is 125 Å². The molecule has 1 atom stereocenters. The number of hydrogen-bond acceptors (Lipinski definition) is 3. The van der Waals surface area contributed by atoms with Gasteiger partial charge in [0.2, 0.25) is 11.8 Å². The molecule has 1 heterocycles.